The first-order valence-corrected chi connectivity index (χ1v) is 8.75. The van der Waals surface area contributed by atoms with Gasteiger partial charge in [-0.3, -0.25) is 9.69 Å². The molecule has 2 heterocycles. The van der Waals surface area contributed by atoms with E-state index in [2.05, 4.69) is 39.5 Å². The van der Waals surface area contributed by atoms with E-state index in [1.165, 1.54) is 16.9 Å². The van der Waals surface area contributed by atoms with E-state index in [1.54, 1.807) is 5.51 Å². The van der Waals surface area contributed by atoms with Gasteiger partial charge in [-0.15, -0.1) is 11.3 Å². The molecule has 0 spiro atoms. The summed E-state index contributed by atoms with van der Waals surface area (Å²) in [6.45, 7) is 3.77. The molecule has 6 heteroatoms. The van der Waals surface area contributed by atoms with Crippen molar-refractivity contribution < 1.29 is 9.53 Å². The lowest BCUT2D eigenvalue weighted by atomic mass is 10.1. The fourth-order valence-electron chi connectivity index (χ4n) is 2.68. The molecule has 3 rings (SSSR count). The number of rotatable bonds is 6. The summed E-state index contributed by atoms with van der Waals surface area (Å²) in [5.74, 6) is 0.0181. The lowest BCUT2D eigenvalue weighted by Crippen LogP contribution is -2.44. The summed E-state index contributed by atoms with van der Waals surface area (Å²) in [5.41, 5.74) is 3.97. The van der Waals surface area contributed by atoms with Gasteiger partial charge in [0, 0.05) is 25.0 Å². The van der Waals surface area contributed by atoms with Gasteiger partial charge in [-0.1, -0.05) is 30.3 Å². The van der Waals surface area contributed by atoms with E-state index in [0.717, 1.165) is 25.3 Å². The largest absolute Gasteiger partial charge is 0.375 e. The van der Waals surface area contributed by atoms with Crippen LogP contribution in [0.2, 0.25) is 0 Å². The quantitative estimate of drug-likeness (QED) is 0.880. The number of ether oxygens (including phenoxy) is 1. The Kier molecular flexibility index (Phi) is 5.74. The summed E-state index contributed by atoms with van der Waals surface area (Å²) in [5, 5.41) is 4.85. The number of aromatic nitrogens is 1. The van der Waals surface area contributed by atoms with E-state index in [1.807, 2.05) is 11.4 Å². The minimum Gasteiger partial charge on any atom is -0.375 e. The Bertz CT molecular complexity index is 604. The zero-order valence-corrected chi connectivity index (χ0v) is 13.8. The second-order valence-corrected chi connectivity index (χ2v) is 6.39. The first-order valence-electron chi connectivity index (χ1n) is 7.81. The zero-order valence-electron chi connectivity index (χ0n) is 13.0. The summed E-state index contributed by atoms with van der Waals surface area (Å²) in [6.07, 6.45) is 0.359. The Labute approximate surface area is 140 Å². The third-order valence-electron chi connectivity index (χ3n) is 3.84. The van der Waals surface area contributed by atoms with Gasteiger partial charge >= 0.3 is 0 Å². The minimum atomic E-state index is -0.0390. The fourth-order valence-corrected chi connectivity index (χ4v) is 3.24. The molecule has 0 saturated carbocycles. The zero-order chi connectivity index (χ0) is 15.9. The highest BCUT2D eigenvalue weighted by atomic mass is 32.1. The maximum Gasteiger partial charge on any atom is 0.222 e. The molecule has 1 unspecified atom stereocenters. The van der Waals surface area contributed by atoms with Gasteiger partial charge in [0.1, 0.15) is 0 Å². The maximum absolute atomic E-state index is 12.0. The van der Waals surface area contributed by atoms with E-state index in [0.29, 0.717) is 19.6 Å². The fraction of sp³-hybridized carbons (Fsp3) is 0.412. The topological polar surface area (TPSA) is 54.5 Å². The van der Waals surface area contributed by atoms with Crippen molar-refractivity contribution in [1.82, 2.24) is 15.2 Å². The number of hydrogen-bond acceptors (Lipinski definition) is 5. The first kappa shape index (κ1) is 16.1. The molecule has 0 bridgehead atoms. The summed E-state index contributed by atoms with van der Waals surface area (Å²) >= 11 is 1.53. The number of nitrogens with one attached hydrogen (secondary N) is 1. The molecule has 1 aliphatic heterocycles. The number of thiazole rings is 1. The van der Waals surface area contributed by atoms with Crippen LogP contribution in [0.5, 0.6) is 0 Å². The first-order chi connectivity index (χ1) is 11.3. The van der Waals surface area contributed by atoms with Crippen LogP contribution in [-0.4, -0.2) is 41.6 Å². The number of carbonyl (C=O) groups is 1. The molecule has 1 aromatic heterocycles. The van der Waals surface area contributed by atoms with Crippen molar-refractivity contribution in [3.8, 4) is 0 Å². The van der Waals surface area contributed by atoms with Gasteiger partial charge in [-0.25, -0.2) is 4.98 Å². The van der Waals surface area contributed by atoms with Gasteiger partial charge in [0.25, 0.3) is 0 Å². The average Bonchev–Trinajstić information content (AvgIpc) is 3.08. The number of hydrogen-bond donors (Lipinski definition) is 1. The Balaban J connectivity index is 1.43. The molecule has 122 valence electrons. The highest BCUT2D eigenvalue weighted by Gasteiger charge is 2.22. The van der Waals surface area contributed by atoms with Crippen molar-refractivity contribution >= 4 is 17.2 Å². The van der Waals surface area contributed by atoms with E-state index in [-0.39, 0.29) is 12.0 Å². The second-order valence-electron chi connectivity index (χ2n) is 5.67. The monoisotopic (exact) mass is 331 g/mol. The van der Waals surface area contributed by atoms with Gasteiger partial charge in [0.05, 0.1) is 36.9 Å². The molecule has 0 radical (unpaired) electrons. The van der Waals surface area contributed by atoms with Crippen LogP contribution in [0.4, 0.5) is 0 Å². The van der Waals surface area contributed by atoms with Crippen LogP contribution < -0.4 is 5.32 Å². The molecule has 1 N–H and O–H groups in total. The van der Waals surface area contributed by atoms with E-state index in [9.17, 15) is 4.79 Å². The third-order valence-corrected chi connectivity index (χ3v) is 4.47. The molecule has 1 saturated heterocycles. The van der Waals surface area contributed by atoms with Gasteiger partial charge in [0.15, 0.2) is 0 Å². The third kappa shape index (κ3) is 5.13. The molecule has 1 aromatic carbocycles. The highest BCUT2D eigenvalue weighted by Crippen LogP contribution is 2.12. The van der Waals surface area contributed by atoms with Gasteiger partial charge in [0.2, 0.25) is 5.91 Å². The minimum absolute atomic E-state index is 0.0181. The average molecular weight is 331 g/mol. The predicted molar refractivity (Wildman–Crippen MR) is 90.0 cm³/mol. The molecular weight excluding hydrogens is 310 g/mol. The SMILES string of the molecule is O=C(CC1CN(Cc2ccccc2)CCO1)NCc1cscn1. The van der Waals surface area contributed by atoms with Crippen LogP contribution in [-0.2, 0) is 22.6 Å². The van der Waals surface area contributed by atoms with Crippen LogP contribution in [0.3, 0.4) is 0 Å². The van der Waals surface area contributed by atoms with Gasteiger partial charge < -0.3 is 10.1 Å². The van der Waals surface area contributed by atoms with Crippen molar-refractivity contribution in [2.75, 3.05) is 19.7 Å². The van der Waals surface area contributed by atoms with Crippen molar-refractivity contribution in [2.24, 2.45) is 0 Å². The lowest BCUT2D eigenvalue weighted by molar-refractivity contribution is -0.126. The number of amides is 1. The maximum atomic E-state index is 12.0. The molecule has 23 heavy (non-hydrogen) atoms. The van der Waals surface area contributed by atoms with Crippen LogP contribution in [0.1, 0.15) is 17.7 Å². The van der Waals surface area contributed by atoms with Gasteiger partial charge in [-0.2, -0.15) is 0 Å². The number of benzene rings is 1. The van der Waals surface area contributed by atoms with Crippen LogP contribution >= 0.6 is 11.3 Å². The summed E-state index contributed by atoms with van der Waals surface area (Å²) in [7, 11) is 0. The Morgan fingerprint density at radius 3 is 3.04 bits per heavy atom. The van der Waals surface area contributed by atoms with Crippen molar-refractivity contribution in [3.63, 3.8) is 0 Å². The predicted octanol–water partition coefficient (Wildman–Crippen LogP) is 2.05. The second kappa shape index (κ2) is 8.19. The van der Waals surface area contributed by atoms with E-state index < -0.39 is 0 Å². The number of nitrogens with zero attached hydrogens (tertiary/aromatic N) is 2. The van der Waals surface area contributed by atoms with E-state index in [4.69, 9.17) is 4.74 Å². The molecule has 1 amide bonds. The summed E-state index contributed by atoms with van der Waals surface area (Å²) in [6, 6.07) is 10.4. The Hall–Kier alpha value is -1.76. The molecule has 1 atom stereocenters. The van der Waals surface area contributed by atoms with E-state index >= 15 is 0 Å². The summed E-state index contributed by atoms with van der Waals surface area (Å²) in [4.78, 5) is 18.5. The standard InChI is InChI=1S/C17H21N3O2S/c21-17(18-9-15-12-23-13-19-15)8-16-11-20(6-7-22-16)10-14-4-2-1-3-5-14/h1-5,12-13,16H,6-11H2,(H,18,21). The number of morpholine rings is 1. The molecule has 5 nitrogen and oxygen atoms in total. The van der Waals surface area contributed by atoms with Gasteiger partial charge in [-0.05, 0) is 5.56 Å². The molecule has 1 fully saturated rings. The molecule has 2 aromatic rings. The lowest BCUT2D eigenvalue weighted by Gasteiger charge is -2.32. The van der Waals surface area contributed by atoms with Crippen LogP contribution in [0.25, 0.3) is 0 Å². The van der Waals surface area contributed by atoms with Crippen LogP contribution in [0.15, 0.2) is 41.2 Å². The normalized spacial score (nSPS) is 18.7. The highest BCUT2D eigenvalue weighted by molar-refractivity contribution is 7.07. The molecule has 0 aliphatic carbocycles. The molecule has 1 aliphatic rings. The summed E-state index contributed by atoms with van der Waals surface area (Å²) < 4.78 is 5.74. The van der Waals surface area contributed by atoms with Crippen molar-refractivity contribution in [2.45, 2.75) is 25.6 Å². The number of carbonyl (C=O) groups excluding carboxylic acids is 1. The smallest absolute Gasteiger partial charge is 0.222 e. The Morgan fingerprint density at radius 2 is 2.26 bits per heavy atom. The van der Waals surface area contributed by atoms with Crippen LogP contribution in [0, 0.1) is 0 Å². The van der Waals surface area contributed by atoms with Crippen molar-refractivity contribution in [3.05, 3.63) is 52.5 Å². The van der Waals surface area contributed by atoms with Crippen molar-refractivity contribution in [1.29, 1.82) is 0 Å². The Morgan fingerprint density at radius 1 is 1.39 bits per heavy atom. The molecular formula is C17H21N3O2S.